The molecule has 138 valence electrons. The van der Waals surface area contributed by atoms with E-state index in [4.69, 9.17) is 33.8 Å². The second kappa shape index (κ2) is 8.11. The molecule has 2 N–H and O–H groups in total. The van der Waals surface area contributed by atoms with E-state index in [9.17, 15) is 4.79 Å². The maximum Gasteiger partial charge on any atom is 0.248 e. The topological polar surface area (TPSA) is 64.7 Å². The molecule has 4 nitrogen and oxygen atoms in total. The largest absolute Gasteiger partial charge is 0.383 e. The Hall–Kier alpha value is -2.04. The molecule has 1 unspecified atom stereocenters. The number of carbonyl (C=O) groups excluding carboxylic acids is 1. The van der Waals surface area contributed by atoms with Gasteiger partial charge in [-0.3, -0.25) is 4.79 Å². The number of hydrogen-bond acceptors (Lipinski definition) is 3. The van der Waals surface area contributed by atoms with Crippen LogP contribution in [-0.4, -0.2) is 17.2 Å². The SMILES string of the molecule is C=C1C=C(Cl)C=C(Cl)CC12CC(c1ccc(C(N)=O)c(C)c1)=NO2.CC. The third kappa shape index (κ3) is 4.02. The van der Waals surface area contributed by atoms with Gasteiger partial charge in [-0.05, 0) is 47.9 Å². The van der Waals surface area contributed by atoms with E-state index < -0.39 is 11.5 Å². The minimum Gasteiger partial charge on any atom is -0.383 e. The number of allylic oxidation sites excluding steroid dienone is 2. The Morgan fingerprint density at radius 2 is 1.96 bits per heavy atom. The van der Waals surface area contributed by atoms with Crippen LogP contribution in [0.25, 0.3) is 0 Å². The van der Waals surface area contributed by atoms with Crippen molar-refractivity contribution < 1.29 is 9.63 Å². The van der Waals surface area contributed by atoms with Crippen molar-refractivity contribution in [1.82, 2.24) is 0 Å². The van der Waals surface area contributed by atoms with Gasteiger partial charge in [-0.25, -0.2) is 0 Å². The van der Waals surface area contributed by atoms with E-state index in [1.165, 1.54) is 0 Å². The molecule has 0 saturated heterocycles. The first-order valence-corrected chi connectivity index (χ1v) is 9.15. The molecule has 1 heterocycles. The quantitative estimate of drug-likeness (QED) is 0.752. The van der Waals surface area contributed by atoms with Crippen LogP contribution in [0.15, 0.2) is 57.7 Å². The van der Waals surface area contributed by atoms with Crippen molar-refractivity contribution in [2.24, 2.45) is 10.9 Å². The van der Waals surface area contributed by atoms with Gasteiger partial charge >= 0.3 is 0 Å². The van der Waals surface area contributed by atoms with Crippen molar-refractivity contribution >= 4 is 34.8 Å². The molecule has 1 amide bonds. The molecule has 0 saturated carbocycles. The molecular formula is C20H22Cl2N2O2. The number of halogens is 2. The van der Waals surface area contributed by atoms with Gasteiger partial charge in [0.15, 0.2) is 5.60 Å². The molecule has 1 aromatic rings. The molecule has 26 heavy (non-hydrogen) atoms. The van der Waals surface area contributed by atoms with E-state index in [1.54, 1.807) is 18.2 Å². The lowest BCUT2D eigenvalue weighted by Gasteiger charge is -2.26. The molecule has 0 aromatic heterocycles. The van der Waals surface area contributed by atoms with Gasteiger partial charge < -0.3 is 10.6 Å². The first-order valence-electron chi connectivity index (χ1n) is 8.39. The Morgan fingerprint density at radius 1 is 1.27 bits per heavy atom. The number of rotatable bonds is 2. The Kier molecular flexibility index (Phi) is 6.32. The zero-order valence-corrected chi connectivity index (χ0v) is 16.6. The fourth-order valence-electron chi connectivity index (χ4n) is 2.95. The number of benzene rings is 1. The first kappa shape index (κ1) is 20.3. The van der Waals surface area contributed by atoms with E-state index in [2.05, 4.69) is 11.7 Å². The molecule has 1 atom stereocenters. The molecule has 0 fully saturated rings. The van der Waals surface area contributed by atoms with Crippen LogP contribution < -0.4 is 5.73 Å². The Labute approximate surface area is 164 Å². The first-order chi connectivity index (χ1) is 12.3. The van der Waals surface area contributed by atoms with Crippen molar-refractivity contribution in [3.8, 4) is 0 Å². The summed E-state index contributed by atoms with van der Waals surface area (Å²) in [6.45, 7) is 9.90. The molecule has 1 aromatic carbocycles. The third-order valence-electron chi connectivity index (χ3n) is 4.25. The molecule has 0 radical (unpaired) electrons. The number of oxime groups is 1. The van der Waals surface area contributed by atoms with Crippen LogP contribution >= 0.6 is 23.2 Å². The van der Waals surface area contributed by atoms with Gasteiger partial charge in [-0.2, -0.15) is 0 Å². The highest BCUT2D eigenvalue weighted by Gasteiger charge is 2.43. The van der Waals surface area contributed by atoms with Crippen LogP contribution in [0.2, 0.25) is 0 Å². The number of amides is 1. The van der Waals surface area contributed by atoms with Crippen LogP contribution in [-0.2, 0) is 4.84 Å². The summed E-state index contributed by atoms with van der Waals surface area (Å²) in [5.41, 5.74) is 8.28. The van der Waals surface area contributed by atoms with Gasteiger partial charge in [-0.15, -0.1) is 0 Å². The zero-order valence-electron chi connectivity index (χ0n) is 15.1. The normalized spacial score (nSPS) is 21.7. The molecule has 1 aliphatic carbocycles. The van der Waals surface area contributed by atoms with Gasteiger partial charge in [0, 0.05) is 28.5 Å². The number of hydrogen-bond donors (Lipinski definition) is 1. The van der Waals surface area contributed by atoms with Gasteiger partial charge in [0.05, 0.1) is 5.71 Å². The number of aryl methyl sites for hydroxylation is 1. The minimum absolute atomic E-state index is 0.450. The summed E-state index contributed by atoms with van der Waals surface area (Å²) in [7, 11) is 0. The summed E-state index contributed by atoms with van der Waals surface area (Å²) in [5.74, 6) is -0.450. The fourth-order valence-corrected chi connectivity index (χ4v) is 3.60. The van der Waals surface area contributed by atoms with Crippen LogP contribution in [0.4, 0.5) is 0 Å². The highest BCUT2D eigenvalue weighted by atomic mass is 35.5. The van der Waals surface area contributed by atoms with Gasteiger partial charge in [0.1, 0.15) is 0 Å². The van der Waals surface area contributed by atoms with E-state index in [0.29, 0.717) is 28.5 Å². The Morgan fingerprint density at radius 3 is 2.58 bits per heavy atom. The zero-order chi connectivity index (χ0) is 19.5. The second-order valence-corrected chi connectivity index (χ2v) is 6.94. The molecule has 3 rings (SSSR count). The summed E-state index contributed by atoms with van der Waals surface area (Å²) in [5, 5.41) is 5.34. The summed E-state index contributed by atoms with van der Waals surface area (Å²) in [4.78, 5) is 17.1. The number of carbonyl (C=O) groups is 1. The standard InChI is InChI=1S/C18H16Cl2N2O2.C2H6/c1-10-5-12(3-4-15(10)17(21)23)16-9-18(24-22-16)8-14(20)7-13(19)6-11(18)2;1-2/h3-7H,2,8-9H2,1H3,(H2,21,23);1-2H3. The average Bonchev–Trinajstić information content (AvgIpc) is 2.96. The lowest BCUT2D eigenvalue weighted by atomic mass is 9.85. The highest BCUT2D eigenvalue weighted by molar-refractivity contribution is 6.35. The predicted molar refractivity (Wildman–Crippen MR) is 108 cm³/mol. The number of nitrogens with zero attached hydrogens (tertiary/aromatic N) is 1. The van der Waals surface area contributed by atoms with Crippen LogP contribution in [0.3, 0.4) is 0 Å². The van der Waals surface area contributed by atoms with Crippen LogP contribution in [0.5, 0.6) is 0 Å². The summed E-state index contributed by atoms with van der Waals surface area (Å²) >= 11 is 12.3. The fraction of sp³-hybridized carbons (Fsp3) is 0.300. The van der Waals surface area contributed by atoms with Gasteiger partial charge in [0.25, 0.3) is 0 Å². The van der Waals surface area contributed by atoms with Gasteiger partial charge in [-0.1, -0.05) is 54.9 Å². The molecule has 0 bridgehead atoms. The summed E-state index contributed by atoms with van der Waals surface area (Å²) < 4.78 is 0. The smallest absolute Gasteiger partial charge is 0.248 e. The van der Waals surface area contributed by atoms with E-state index in [-0.39, 0.29) is 0 Å². The lowest BCUT2D eigenvalue weighted by molar-refractivity contribution is 0.0164. The number of nitrogens with two attached hydrogens (primary N) is 1. The molecule has 2 aliphatic rings. The van der Waals surface area contributed by atoms with Gasteiger partial charge in [0.2, 0.25) is 5.91 Å². The summed E-state index contributed by atoms with van der Waals surface area (Å²) in [6.07, 6.45) is 4.41. The number of primary amides is 1. The monoisotopic (exact) mass is 392 g/mol. The van der Waals surface area contributed by atoms with Crippen molar-refractivity contribution in [2.75, 3.05) is 0 Å². The minimum atomic E-state index is -0.726. The maximum atomic E-state index is 11.4. The van der Waals surface area contributed by atoms with Crippen molar-refractivity contribution in [1.29, 1.82) is 0 Å². The van der Waals surface area contributed by atoms with E-state index in [0.717, 1.165) is 22.4 Å². The van der Waals surface area contributed by atoms with Crippen molar-refractivity contribution in [3.63, 3.8) is 0 Å². The Balaban J connectivity index is 0.00000117. The average molecular weight is 393 g/mol. The predicted octanol–water partition coefficient (Wildman–Crippen LogP) is 5.19. The summed E-state index contributed by atoms with van der Waals surface area (Å²) in [6, 6.07) is 5.39. The van der Waals surface area contributed by atoms with Crippen LogP contribution in [0, 0.1) is 6.92 Å². The van der Waals surface area contributed by atoms with Crippen molar-refractivity contribution in [3.05, 3.63) is 69.3 Å². The lowest BCUT2D eigenvalue weighted by Crippen LogP contribution is -2.30. The molecule has 1 aliphatic heterocycles. The molecule has 1 spiro atoms. The van der Waals surface area contributed by atoms with E-state index in [1.807, 2.05) is 32.9 Å². The van der Waals surface area contributed by atoms with Crippen molar-refractivity contribution in [2.45, 2.75) is 39.2 Å². The third-order valence-corrected chi connectivity index (χ3v) is 4.72. The maximum absolute atomic E-state index is 11.4. The molecule has 6 heteroatoms. The highest BCUT2D eigenvalue weighted by Crippen LogP contribution is 2.42. The second-order valence-electron chi connectivity index (χ2n) is 6.02. The Bertz CT molecular complexity index is 840. The van der Waals surface area contributed by atoms with Crippen LogP contribution in [0.1, 0.15) is 48.2 Å². The molecular weight excluding hydrogens is 371 g/mol. The van der Waals surface area contributed by atoms with E-state index >= 15 is 0 Å².